The SMILES string of the molecule is CCC(NC(=O)c1ccc(N(Cc2ccc(C)cc2)S(C)(=O)=O)cc1)c1ccc2c(c1)CCCC2. The molecule has 1 aliphatic carbocycles. The van der Waals surface area contributed by atoms with Crippen LogP contribution in [0.15, 0.2) is 66.7 Å². The molecule has 0 saturated carbocycles. The number of benzene rings is 3. The van der Waals surface area contributed by atoms with E-state index in [9.17, 15) is 13.2 Å². The summed E-state index contributed by atoms with van der Waals surface area (Å²) in [6, 6.07) is 21.1. The van der Waals surface area contributed by atoms with Crippen LogP contribution in [0.25, 0.3) is 0 Å². The summed E-state index contributed by atoms with van der Waals surface area (Å²) in [6.45, 7) is 4.31. The summed E-state index contributed by atoms with van der Waals surface area (Å²) in [4.78, 5) is 13.0. The average molecular weight is 491 g/mol. The maximum atomic E-state index is 13.0. The van der Waals surface area contributed by atoms with Crippen molar-refractivity contribution in [1.82, 2.24) is 5.32 Å². The molecule has 1 N–H and O–H groups in total. The maximum absolute atomic E-state index is 13.0. The number of nitrogens with zero attached hydrogens (tertiary/aromatic N) is 1. The van der Waals surface area contributed by atoms with Crippen molar-refractivity contribution in [3.05, 3.63) is 100 Å². The van der Waals surface area contributed by atoms with Crippen LogP contribution in [0.5, 0.6) is 0 Å². The third-order valence-electron chi connectivity index (χ3n) is 6.75. The van der Waals surface area contributed by atoms with Gasteiger partial charge >= 0.3 is 0 Å². The van der Waals surface area contributed by atoms with Gasteiger partial charge in [-0.1, -0.05) is 55.0 Å². The average Bonchev–Trinajstić information content (AvgIpc) is 2.86. The highest BCUT2D eigenvalue weighted by atomic mass is 32.2. The van der Waals surface area contributed by atoms with E-state index in [1.165, 1.54) is 34.5 Å². The Labute approximate surface area is 209 Å². The molecule has 184 valence electrons. The van der Waals surface area contributed by atoms with Gasteiger partial charge in [0.15, 0.2) is 0 Å². The van der Waals surface area contributed by atoms with Crippen molar-refractivity contribution in [2.75, 3.05) is 10.6 Å². The van der Waals surface area contributed by atoms with Crippen molar-refractivity contribution >= 4 is 21.6 Å². The number of aryl methyl sites for hydroxylation is 3. The van der Waals surface area contributed by atoms with Crippen LogP contribution >= 0.6 is 0 Å². The van der Waals surface area contributed by atoms with Gasteiger partial charge in [-0.2, -0.15) is 0 Å². The quantitative estimate of drug-likeness (QED) is 0.439. The molecule has 0 heterocycles. The Morgan fingerprint density at radius 1 is 0.943 bits per heavy atom. The minimum Gasteiger partial charge on any atom is -0.345 e. The third kappa shape index (κ3) is 6.12. The van der Waals surface area contributed by atoms with E-state index in [0.29, 0.717) is 11.3 Å². The number of nitrogens with one attached hydrogen (secondary N) is 1. The van der Waals surface area contributed by atoms with Gasteiger partial charge in [-0.3, -0.25) is 9.10 Å². The molecular formula is C29H34N2O3S. The van der Waals surface area contributed by atoms with Gasteiger partial charge < -0.3 is 5.32 Å². The zero-order chi connectivity index (χ0) is 25.0. The number of hydrogen-bond donors (Lipinski definition) is 1. The molecule has 0 aromatic heterocycles. The highest BCUT2D eigenvalue weighted by Crippen LogP contribution is 2.27. The summed E-state index contributed by atoms with van der Waals surface area (Å²) in [7, 11) is -3.49. The summed E-state index contributed by atoms with van der Waals surface area (Å²) >= 11 is 0. The molecule has 1 atom stereocenters. The fourth-order valence-electron chi connectivity index (χ4n) is 4.67. The second-order valence-electron chi connectivity index (χ2n) is 9.47. The van der Waals surface area contributed by atoms with Gasteiger partial charge in [0.2, 0.25) is 10.0 Å². The smallest absolute Gasteiger partial charge is 0.251 e. The van der Waals surface area contributed by atoms with E-state index in [0.717, 1.165) is 36.0 Å². The normalized spacial score (nSPS) is 14.1. The molecule has 0 fully saturated rings. The fourth-order valence-corrected chi connectivity index (χ4v) is 5.56. The zero-order valence-electron chi connectivity index (χ0n) is 20.8. The monoisotopic (exact) mass is 490 g/mol. The van der Waals surface area contributed by atoms with Crippen LogP contribution in [0.4, 0.5) is 5.69 Å². The molecular weight excluding hydrogens is 456 g/mol. The summed E-state index contributed by atoms with van der Waals surface area (Å²) in [5, 5.41) is 3.16. The Morgan fingerprint density at radius 2 is 1.60 bits per heavy atom. The van der Waals surface area contributed by atoms with Crippen LogP contribution in [0.2, 0.25) is 0 Å². The minimum atomic E-state index is -3.49. The van der Waals surface area contributed by atoms with Crippen LogP contribution in [0.1, 0.15) is 70.4 Å². The number of sulfonamides is 1. The van der Waals surface area contributed by atoms with Gasteiger partial charge in [0.1, 0.15) is 0 Å². The molecule has 5 nitrogen and oxygen atoms in total. The van der Waals surface area contributed by atoms with Crippen molar-refractivity contribution < 1.29 is 13.2 Å². The highest BCUT2D eigenvalue weighted by molar-refractivity contribution is 7.92. The number of carbonyl (C=O) groups excluding carboxylic acids is 1. The molecule has 4 rings (SSSR count). The van der Waals surface area contributed by atoms with Crippen molar-refractivity contribution in [1.29, 1.82) is 0 Å². The molecule has 0 radical (unpaired) electrons. The molecule has 1 unspecified atom stereocenters. The van der Waals surface area contributed by atoms with Crippen molar-refractivity contribution in [2.45, 2.75) is 58.5 Å². The zero-order valence-corrected chi connectivity index (χ0v) is 21.6. The minimum absolute atomic E-state index is 0.0662. The van der Waals surface area contributed by atoms with E-state index in [-0.39, 0.29) is 18.5 Å². The molecule has 0 spiro atoms. The first-order chi connectivity index (χ1) is 16.7. The highest BCUT2D eigenvalue weighted by Gasteiger charge is 2.20. The maximum Gasteiger partial charge on any atom is 0.251 e. The van der Waals surface area contributed by atoms with Crippen LogP contribution in [-0.4, -0.2) is 20.6 Å². The lowest BCUT2D eigenvalue weighted by Crippen LogP contribution is -2.30. The summed E-state index contributed by atoms with van der Waals surface area (Å²) < 4.78 is 26.4. The Balaban J connectivity index is 1.49. The Bertz CT molecular complexity index is 1280. The summed E-state index contributed by atoms with van der Waals surface area (Å²) in [5.74, 6) is -0.162. The number of rotatable bonds is 8. The van der Waals surface area contributed by atoms with E-state index in [1.807, 2.05) is 31.2 Å². The molecule has 1 aliphatic rings. The fraction of sp³-hybridized carbons (Fsp3) is 0.345. The number of amides is 1. The van der Waals surface area contributed by atoms with Crippen molar-refractivity contribution in [2.24, 2.45) is 0 Å². The van der Waals surface area contributed by atoms with Gasteiger partial charge in [0.25, 0.3) is 5.91 Å². The lowest BCUT2D eigenvalue weighted by atomic mass is 9.88. The molecule has 0 aliphatic heterocycles. The Morgan fingerprint density at radius 3 is 2.23 bits per heavy atom. The van der Waals surface area contributed by atoms with Crippen LogP contribution in [0, 0.1) is 6.92 Å². The first kappa shape index (κ1) is 25.0. The molecule has 35 heavy (non-hydrogen) atoms. The molecule has 3 aromatic carbocycles. The van der Waals surface area contributed by atoms with E-state index in [2.05, 4.69) is 30.4 Å². The summed E-state index contributed by atoms with van der Waals surface area (Å²) in [5.41, 5.74) is 7.03. The predicted octanol–water partition coefficient (Wildman–Crippen LogP) is 5.72. The first-order valence-corrected chi connectivity index (χ1v) is 14.2. The molecule has 0 saturated heterocycles. The van der Waals surface area contributed by atoms with Crippen LogP contribution in [-0.2, 0) is 29.4 Å². The molecule has 3 aromatic rings. The second-order valence-corrected chi connectivity index (χ2v) is 11.4. The van der Waals surface area contributed by atoms with Crippen LogP contribution < -0.4 is 9.62 Å². The number of anilines is 1. The Hall–Kier alpha value is -3.12. The second kappa shape index (κ2) is 10.6. The number of carbonyl (C=O) groups is 1. The van der Waals surface area contributed by atoms with Gasteiger partial charge in [-0.25, -0.2) is 8.42 Å². The molecule has 0 bridgehead atoms. The molecule has 6 heteroatoms. The number of fused-ring (bicyclic) bond motifs is 1. The van der Waals surface area contributed by atoms with Gasteiger partial charge in [0, 0.05) is 5.56 Å². The first-order valence-electron chi connectivity index (χ1n) is 12.3. The van der Waals surface area contributed by atoms with Crippen LogP contribution in [0.3, 0.4) is 0 Å². The topological polar surface area (TPSA) is 66.5 Å². The number of hydrogen-bond acceptors (Lipinski definition) is 3. The Kier molecular flexibility index (Phi) is 7.60. The van der Waals surface area contributed by atoms with Gasteiger partial charge in [0.05, 0.1) is 24.5 Å². The van der Waals surface area contributed by atoms with E-state index in [1.54, 1.807) is 24.3 Å². The molecule has 1 amide bonds. The summed E-state index contributed by atoms with van der Waals surface area (Å²) in [6.07, 6.45) is 6.71. The lowest BCUT2D eigenvalue weighted by molar-refractivity contribution is 0.0935. The lowest BCUT2D eigenvalue weighted by Gasteiger charge is -2.23. The van der Waals surface area contributed by atoms with Gasteiger partial charge in [-0.15, -0.1) is 0 Å². The largest absolute Gasteiger partial charge is 0.345 e. The third-order valence-corrected chi connectivity index (χ3v) is 7.89. The van der Waals surface area contributed by atoms with E-state index in [4.69, 9.17) is 0 Å². The predicted molar refractivity (Wildman–Crippen MR) is 142 cm³/mol. The van der Waals surface area contributed by atoms with Gasteiger partial charge in [-0.05, 0) is 85.5 Å². The van der Waals surface area contributed by atoms with E-state index < -0.39 is 10.0 Å². The van der Waals surface area contributed by atoms with Crippen molar-refractivity contribution in [3.63, 3.8) is 0 Å². The standard InChI is InChI=1S/C29H34N2O3S/c1-4-28(26-14-13-23-7-5-6-8-25(23)19-26)30-29(32)24-15-17-27(18-16-24)31(35(3,33)34)20-22-11-9-21(2)10-12-22/h9-19,28H,4-8,20H2,1-3H3,(H,30,32). The van der Waals surface area contributed by atoms with E-state index >= 15 is 0 Å². The van der Waals surface area contributed by atoms with Crippen molar-refractivity contribution in [3.8, 4) is 0 Å².